The Morgan fingerprint density at radius 1 is 1.58 bits per heavy atom. The van der Waals surface area contributed by atoms with E-state index in [1.807, 2.05) is 0 Å². The summed E-state index contributed by atoms with van der Waals surface area (Å²) in [6.45, 7) is 5.82. The molecule has 1 N–H and O–H groups in total. The Morgan fingerprint density at radius 2 is 2.42 bits per heavy atom. The molecule has 2 heterocycles. The van der Waals surface area contributed by atoms with Gasteiger partial charge in [-0.15, -0.1) is 0 Å². The van der Waals surface area contributed by atoms with Gasteiger partial charge in [-0.05, 0) is 19.8 Å². The molecule has 0 amide bonds. The van der Waals surface area contributed by atoms with E-state index in [0.717, 1.165) is 26.3 Å². The Labute approximate surface area is 73.4 Å². The molecule has 2 fully saturated rings. The second-order valence-corrected chi connectivity index (χ2v) is 4.00. The van der Waals surface area contributed by atoms with E-state index in [-0.39, 0.29) is 5.60 Å². The van der Waals surface area contributed by atoms with Crippen LogP contribution in [0, 0.1) is 0 Å². The van der Waals surface area contributed by atoms with E-state index in [1.54, 1.807) is 0 Å². The fourth-order valence-electron chi connectivity index (χ4n) is 1.65. The van der Waals surface area contributed by atoms with Crippen LogP contribution in [-0.4, -0.2) is 38.0 Å². The van der Waals surface area contributed by atoms with Crippen molar-refractivity contribution in [3.8, 4) is 0 Å². The van der Waals surface area contributed by atoms with E-state index >= 15 is 0 Å². The lowest BCUT2D eigenvalue weighted by atomic mass is 10.00. The van der Waals surface area contributed by atoms with Crippen LogP contribution in [0.5, 0.6) is 0 Å². The number of nitrogens with one attached hydrogen (secondary N) is 1. The van der Waals surface area contributed by atoms with E-state index in [2.05, 4.69) is 12.2 Å². The molecular formula is C9H17NO2. The van der Waals surface area contributed by atoms with Gasteiger partial charge in [0.2, 0.25) is 0 Å². The van der Waals surface area contributed by atoms with Crippen LogP contribution in [0.25, 0.3) is 0 Å². The minimum Gasteiger partial charge on any atom is -0.376 e. The Bertz CT molecular complexity index is 151. The third-order valence-electron chi connectivity index (χ3n) is 2.64. The Morgan fingerprint density at radius 3 is 2.92 bits per heavy atom. The van der Waals surface area contributed by atoms with Gasteiger partial charge in [0.25, 0.3) is 0 Å². The van der Waals surface area contributed by atoms with Gasteiger partial charge in [-0.2, -0.15) is 0 Å². The van der Waals surface area contributed by atoms with Gasteiger partial charge in [0, 0.05) is 19.7 Å². The lowest BCUT2D eigenvalue weighted by Crippen LogP contribution is -2.59. The van der Waals surface area contributed by atoms with E-state index in [1.165, 1.54) is 12.8 Å². The fraction of sp³-hybridized carbons (Fsp3) is 1.00. The summed E-state index contributed by atoms with van der Waals surface area (Å²) in [7, 11) is 0. The molecule has 3 heteroatoms. The van der Waals surface area contributed by atoms with E-state index < -0.39 is 0 Å². The number of hydrogen-bond donors (Lipinski definition) is 1. The maximum atomic E-state index is 5.76. The minimum absolute atomic E-state index is 0.0892. The predicted molar refractivity (Wildman–Crippen MR) is 46.2 cm³/mol. The highest BCUT2D eigenvalue weighted by Crippen LogP contribution is 2.19. The normalized spacial score (nSPS) is 33.2. The molecule has 0 aromatic heterocycles. The molecule has 1 unspecified atom stereocenters. The molecule has 2 saturated heterocycles. The zero-order chi connectivity index (χ0) is 8.44. The lowest BCUT2D eigenvalue weighted by molar-refractivity contribution is -0.0990. The highest BCUT2D eigenvalue weighted by atomic mass is 16.5. The first kappa shape index (κ1) is 8.48. The van der Waals surface area contributed by atoms with Crippen molar-refractivity contribution in [2.75, 3.05) is 26.3 Å². The Hall–Kier alpha value is -0.120. The number of hydrogen-bond acceptors (Lipinski definition) is 3. The highest BCUT2D eigenvalue weighted by molar-refractivity contribution is 4.90. The van der Waals surface area contributed by atoms with E-state index in [9.17, 15) is 0 Å². The van der Waals surface area contributed by atoms with Gasteiger partial charge in [0.15, 0.2) is 0 Å². The summed E-state index contributed by atoms with van der Waals surface area (Å²) in [5.74, 6) is 0. The van der Waals surface area contributed by atoms with Crippen molar-refractivity contribution in [3.05, 3.63) is 0 Å². The van der Waals surface area contributed by atoms with Crippen LogP contribution in [0.2, 0.25) is 0 Å². The Balaban J connectivity index is 1.67. The smallest absolute Gasteiger partial charge is 0.0903 e. The van der Waals surface area contributed by atoms with Crippen LogP contribution in [0.4, 0.5) is 0 Å². The highest BCUT2D eigenvalue weighted by Gasteiger charge is 2.33. The van der Waals surface area contributed by atoms with Gasteiger partial charge >= 0.3 is 0 Å². The van der Waals surface area contributed by atoms with Crippen LogP contribution < -0.4 is 5.32 Å². The molecule has 1 atom stereocenters. The monoisotopic (exact) mass is 171 g/mol. The summed E-state index contributed by atoms with van der Waals surface area (Å²) >= 11 is 0. The summed E-state index contributed by atoms with van der Waals surface area (Å²) in [6.07, 6.45) is 2.73. The molecule has 0 bridgehead atoms. The average Bonchev–Trinajstić information content (AvgIpc) is 2.49. The second-order valence-electron chi connectivity index (χ2n) is 4.00. The molecule has 0 saturated carbocycles. The van der Waals surface area contributed by atoms with E-state index in [4.69, 9.17) is 9.47 Å². The van der Waals surface area contributed by atoms with Crippen LogP contribution in [0.3, 0.4) is 0 Å². The van der Waals surface area contributed by atoms with Gasteiger partial charge in [-0.25, -0.2) is 0 Å². The first-order valence-corrected chi connectivity index (χ1v) is 4.75. The van der Waals surface area contributed by atoms with Crippen molar-refractivity contribution in [2.24, 2.45) is 0 Å². The van der Waals surface area contributed by atoms with Crippen LogP contribution in [0.1, 0.15) is 19.8 Å². The van der Waals surface area contributed by atoms with Crippen molar-refractivity contribution in [1.29, 1.82) is 0 Å². The first-order valence-electron chi connectivity index (χ1n) is 4.75. The SMILES string of the molecule is CC1(OCC2CCCO2)CNC1. The molecule has 0 aromatic rings. The topological polar surface area (TPSA) is 30.5 Å². The van der Waals surface area contributed by atoms with Crippen molar-refractivity contribution in [3.63, 3.8) is 0 Å². The fourth-order valence-corrected chi connectivity index (χ4v) is 1.65. The molecule has 2 aliphatic rings. The van der Waals surface area contributed by atoms with Gasteiger partial charge in [0.05, 0.1) is 18.3 Å². The standard InChI is InChI=1S/C9H17NO2/c1-9(6-10-7-9)12-5-8-3-2-4-11-8/h8,10H,2-7H2,1H3. The minimum atomic E-state index is 0.0892. The van der Waals surface area contributed by atoms with Gasteiger partial charge in [0.1, 0.15) is 0 Å². The molecule has 12 heavy (non-hydrogen) atoms. The predicted octanol–water partition coefficient (Wildman–Crippen LogP) is 0.544. The number of ether oxygens (including phenoxy) is 2. The maximum Gasteiger partial charge on any atom is 0.0903 e. The largest absolute Gasteiger partial charge is 0.376 e. The molecule has 70 valence electrons. The van der Waals surface area contributed by atoms with Crippen LogP contribution in [0.15, 0.2) is 0 Å². The average molecular weight is 171 g/mol. The molecule has 0 aliphatic carbocycles. The zero-order valence-electron chi connectivity index (χ0n) is 7.64. The number of rotatable bonds is 3. The quantitative estimate of drug-likeness (QED) is 0.672. The van der Waals surface area contributed by atoms with Gasteiger partial charge in [-0.1, -0.05) is 0 Å². The molecule has 2 rings (SSSR count). The third-order valence-corrected chi connectivity index (χ3v) is 2.64. The summed E-state index contributed by atoms with van der Waals surface area (Å²) in [4.78, 5) is 0. The first-order chi connectivity index (χ1) is 5.79. The van der Waals surface area contributed by atoms with Crippen LogP contribution in [-0.2, 0) is 9.47 Å². The summed E-state index contributed by atoms with van der Waals surface area (Å²) in [5.41, 5.74) is 0.0892. The molecule has 0 aromatic carbocycles. The summed E-state index contributed by atoms with van der Waals surface area (Å²) in [5, 5.41) is 3.21. The third kappa shape index (κ3) is 1.79. The van der Waals surface area contributed by atoms with Crippen molar-refractivity contribution >= 4 is 0 Å². The zero-order valence-corrected chi connectivity index (χ0v) is 7.64. The van der Waals surface area contributed by atoms with Crippen molar-refractivity contribution in [1.82, 2.24) is 5.32 Å². The van der Waals surface area contributed by atoms with E-state index in [0.29, 0.717) is 6.10 Å². The summed E-state index contributed by atoms with van der Waals surface area (Å²) < 4.78 is 11.2. The van der Waals surface area contributed by atoms with Crippen molar-refractivity contribution in [2.45, 2.75) is 31.5 Å². The molecular weight excluding hydrogens is 154 g/mol. The van der Waals surface area contributed by atoms with Gasteiger partial charge in [-0.3, -0.25) is 0 Å². The summed E-state index contributed by atoms with van der Waals surface area (Å²) in [6, 6.07) is 0. The Kier molecular flexibility index (Phi) is 2.35. The molecule has 2 aliphatic heterocycles. The second kappa shape index (κ2) is 3.32. The molecule has 0 spiro atoms. The lowest BCUT2D eigenvalue weighted by Gasteiger charge is -2.39. The molecule has 3 nitrogen and oxygen atoms in total. The molecule has 0 radical (unpaired) electrons. The van der Waals surface area contributed by atoms with Crippen molar-refractivity contribution < 1.29 is 9.47 Å². The van der Waals surface area contributed by atoms with Crippen LogP contribution >= 0.6 is 0 Å². The maximum absolute atomic E-state index is 5.76. The van der Waals surface area contributed by atoms with Gasteiger partial charge < -0.3 is 14.8 Å².